The van der Waals surface area contributed by atoms with E-state index in [1.807, 2.05) is 0 Å². The van der Waals surface area contributed by atoms with E-state index in [0.717, 1.165) is 0 Å². The third-order valence-corrected chi connectivity index (χ3v) is 8.78. The predicted octanol–water partition coefficient (Wildman–Crippen LogP) is 3.99. The molecule has 0 bridgehead atoms. The van der Waals surface area contributed by atoms with Gasteiger partial charge < -0.3 is 13.9 Å². The van der Waals surface area contributed by atoms with E-state index >= 15 is 0 Å². The van der Waals surface area contributed by atoms with E-state index in [9.17, 15) is 9.59 Å². The van der Waals surface area contributed by atoms with Gasteiger partial charge in [0.1, 0.15) is 11.5 Å². The van der Waals surface area contributed by atoms with Gasteiger partial charge in [-0.25, -0.2) is 4.79 Å². The summed E-state index contributed by atoms with van der Waals surface area (Å²) in [6.45, 7) is 12.2. The first-order valence-corrected chi connectivity index (χ1v) is 10.3. The summed E-state index contributed by atoms with van der Waals surface area (Å²) in [4.78, 5) is 23.8. The summed E-state index contributed by atoms with van der Waals surface area (Å²) in [5, 5.41) is -0.0449. The highest BCUT2D eigenvalue weighted by molar-refractivity contribution is 6.74. The molecule has 0 fully saturated rings. The van der Waals surface area contributed by atoms with Crippen molar-refractivity contribution in [1.29, 1.82) is 0 Å². The fraction of sp³-hybridized carbons (Fsp3) is 0.529. The summed E-state index contributed by atoms with van der Waals surface area (Å²) >= 11 is 0. The van der Waals surface area contributed by atoms with Crippen molar-refractivity contribution in [3.63, 3.8) is 0 Å². The molecule has 128 valence electrons. The lowest BCUT2D eigenvalue weighted by Crippen LogP contribution is -2.44. The van der Waals surface area contributed by atoms with Crippen molar-refractivity contribution in [3.8, 4) is 11.5 Å². The Bertz CT molecular complexity index is 614. The lowest BCUT2D eigenvalue weighted by Gasteiger charge is -2.37. The third-order valence-electron chi connectivity index (χ3n) is 4.44. The molecule has 23 heavy (non-hydrogen) atoms. The number of methoxy groups -OCH3 is 2. The van der Waals surface area contributed by atoms with Crippen molar-refractivity contribution in [2.24, 2.45) is 0 Å². The quantitative estimate of drug-likeness (QED) is 0.461. The van der Waals surface area contributed by atoms with Crippen LogP contribution in [0.25, 0.3) is 0 Å². The smallest absolute Gasteiger partial charge is 0.339 e. The van der Waals surface area contributed by atoms with Crippen molar-refractivity contribution >= 4 is 20.6 Å². The second kappa shape index (κ2) is 6.74. The van der Waals surface area contributed by atoms with Gasteiger partial charge in [0.25, 0.3) is 8.32 Å². The Labute approximate surface area is 139 Å². The van der Waals surface area contributed by atoms with E-state index in [1.54, 1.807) is 13.0 Å². The standard InChI is InChI=1S/C17H26O5Si/c1-11-13(20-5)9-14(22-23(7,8)17(2,3)4)12(10-18)15(11)16(19)21-6/h9-10H,1-8H3. The van der Waals surface area contributed by atoms with Crippen LogP contribution in [0.3, 0.4) is 0 Å². The van der Waals surface area contributed by atoms with Gasteiger partial charge in [0.15, 0.2) is 6.29 Å². The van der Waals surface area contributed by atoms with Crippen LogP contribution in [-0.2, 0) is 4.74 Å². The van der Waals surface area contributed by atoms with Gasteiger partial charge in [-0.3, -0.25) is 4.79 Å². The summed E-state index contributed by atoms with van der Waals surface area (Å²) in [5.41, 5.74) is 0.958. The monoisotopic (exact) mass is 338 g/mol. The molecule has 6 heteroatoms. The average Bonchev–Trinajstić information content (AvgIpc) is 2.45. The second-order valence-electron chi connectivity index (χ2n) is 6.96. The number of carbonyl (C=O) groups is 2. The molecule has 0 aliphatic carbocycles. The number of hydrogen-bond donors (Lipinski definition) is 0. The van der Waals surface area contributed by atoms with Crippen molar-refractivity contribution in [2.45, 2.75) is 45.8 Å². The third kappa shape index (κ3) is 3.75. The Morgan fingerprint density at radius 1 is 1.17 bits per heavy atom. The van der Waals surface area contributed by atoms with Crippen LogP contribution in [0.1, 0.15) is 47.1 Å². The molecule has 0 saturated carbocycles. The average molecular weight is 338 g/mol. The Kier molecular flexibility index (Phi) is 5.63. The molecule has 1 aromatic carbocycles. The summed E-state index contributed by atoms with van der Waals surface area (Å²) in [7, 11) is 0.615. The largest absolute Gasteiger partial charge is 0.543 e. The molecule has 0 unspecified atom stereocenters. The minimum Gasteiger partial charge on any atom is -0.543 e. The van der Waals surface area contributed by atoms with Gasteiger partial charge in [0, 0.05) is 11.6 Å². The number of rotatable bonds is 5. The number of hydrogen-bond acceptors (Lipinski definition) is 5. The van der Waals surface area contributed by atoms with Crippen LogP contribution in [0, 0.1) is 6.92 Å². The maximum absolute atomic E-state index is 12.1. The van der Waals surface area contributed by atoms with E-state index in [-0.39, 0.29) is 16.2 Å². The van der Waals surface area contributed by atoms with Gasteiger partial charge in [-0.05, 0) is 25.1 Å². The molecule has 0 aromatic heterocycles. The van der Waals surface area contributed by atoms with Crippen LogP contribution in [-0.4, -0.2) is 34.8 Å². The molecule has 0 aliphatic heterocycles. The van der Waals surface area contributed by atoms with Crippen LogP contribution >= 0.6 is 0 Å². The maximum atomic E-state index is 12.1. The van der Waals surface area contributed by atoms with Gasteiger partial charge in [0.2, 0.25) is 0 Å². The molecule has 0 N–H and O–H groups in total. The van der Waals surface area contributed by atoms with E-state index in [0.29, 0.717) is 23.3 Å². The maximum Gasteiger partial charge on any atom is 0.339 e. The number of carbonyl (C=O) groups excluding carboxylic acids is 2. The summed E-state index contributed by atoms with van der Waals surface area (Å²) in [6.07, 6.45) is 0.640. The molecule has 0 radical (unpaired) electrons. The molecule has 1 rings (SSSR count). The molecule has 0 atom stereocenters. The van der Waals surface area contributed by atoms with Crippen molar-refractivity contribution in [1.82, 2.24) is 0 Å². The zero-order valence-corrected chi connectivity index (χ0v) is 16.2. The minimum absolute atomic E-state index is 0.0449. The van der Waals surface area contributed by atoms with E-state index in [4.69, 9.17) is 13.9 Å². The fourth-order valence-corrected chi connectivity index (χ4v) is 2.98. The predicted molar refractivity (Wildman–Crippen MR) is 92.3 cm³/mol. The lowest BCUT2D eigenvalue weighted by atomic mass is 10.0. The van der Waals surface area contributed by atoms with Gasteiger partial charge in [-0.1, -0.05) is 20.8 Å². The molecular formula is C17H26O5Si. The molecule has 0 amide bonds. The Balaban J connectivity index is 3.60. The zero-order valence-electron chi connectivity index (χ0n) is 15.2. The van der Waals surface area contributed by atoms with E-state index < -0.39 is 14.3 Å². The van der Waals surface area contributed by atoms with Crippen LogP contribution < -0.4 is 9.16 Å². The van der Waals surface area contributed by atoms with Crippen molar-refractivity contribution in [3.05, 3.63) is 22.8 Å². The number of ether oxygens (including phenoxy) is 2. The van der Waals surface area contributed by atoms with Gasteiger partial charge in [-0.2, -0.15) is 0 Å². The van der Waals surface area contributed by atoms with Gasteiger partial charge >= 0.3 is 5.97 Å². The Hall–Kier alpha value is -1.82. The summed E-state index contributed by atoms with van der Waals surface area (Å²) in [5.74, 6) is 0.280. The summed E-state index contributed by atoms with van der Waals surface area (Å²) < 4.78 is 16.4. The van der Waals surface area contributed by atoms with Crippen LogP contribution in [0.15, 0.2) is 6.07 Å². The first-order valence-electron chi connectivity index (χ1n) is 7.44. The van der Waals surface area contributed by atoms with Gasteiger partial charge in [0.05, 0.1) is 25.3 Å². The molecular weight excluding hydrogens is 312 g/mol. The highest BCUT2D eigenvalue weighted by Gasteiger charge is 2.40. The molecule has 1 aromatic rings. The zero-order chi connectivity index (χ0) is 18.0. The molecule has 0 aliphatic rings. The topological polar surface area (TPSA) is 61.8 Å². The summed E-state index contributed by atoms with van der Waals surface area (Å²) in [6, 6.07) is 1.67. The lowest BCUT2D eigenvalue weighted by molar-refractivity contribution is 0.0596. The first kappa shape index (κ1) is 19.2. The molecule has 5 nitrogen and oxygen atoms in total. The second-order valence-corrected chi connectivity index (χ2v) is 11.7. The molecule has 0 heterocycles. The SMILES string of the molecule is COC(=O)c1c(C)c(OC)cc(O[Si](C)(C)C(C)(C)C)c1C=O. The van der Waals surface area contributed by atoms with Crippen LogP contribution in [0.5, 0.6) is 11.5 Å². The van der Waals surface area contributed by atoms with Gasteiger partial charge in [-0.15, -0.1) is 0 Å². The normalized spacial score (nSPS) is 11.8. The molecule has 0 saturated heterocycles. The van der Waals surface area contributed by atoms with E-state index in [1.165, 1.54) is 14.2 Å². The Morgan fingerprint density at radius 2 is 1.74 bits per heavy atom. The first-order chi connectivity index (χ1) is 10.5. The fourth-order valence-electron chi connectivity index (χ4n) is 1.96. The number of aldehydes is 1. The number of esters is 1. The van der Waals surface area contributed by atoms with Crippen LogP contribution in [0.4, 0.5) is 0 Å². The van der Waals surface area contributed by atoms with E-state index in [2.05, 4.69) is 33.9 Å². The van der Waals surface area contributed by atoms with Crippen molar-refractivity contribution in [2.75, 3.05) is 14.2 Å². The minimum atomic E-state index is -2.18. The highest BCUT2D eigenvalue weighted by Crippen LogP contribution is 2.40. The number of benzene rings is 1. The highest BCUT2D eigenvalue weighted by atomic mass is 28.4. The van der Waals surface area contributed by atoms with Crippen molar-refractivity contribution < 1.29 is 23.5 Å². The Morgan fingerprint density at radius 3 is 2.13 bits per heavy atom. The molecule has 0 spiro atoms. The van der Waals surface area contributed by atoms with Crippen LogP contribution in [0.2, 0.25) is 18.1 Å².